The van der Waals surface area contributed by atoms with Gasteiger partial charge in [0.1, 0.15) is 0 Å². The summed E-state index contributed by atoms with van der Waals surface area (Å²) in [4.78, 5) is 11.1. The van der Waals surface area contributed by atoms with Gasteiger partial charge in [0.2, 0.25) is 6.17 Å². The van der Waals surface area contributed by atoms with E-state index in [0.717, 1.165) is 5.56 Å². The lowest BCUT2D eigenvalue weighted by molar-refractivity contribution is -0.149. The van der Waals surface area contributed by atoms with Crippen molar-refractivity contribution in [2.24, 2.45) is 0 Å². The molecule has 0 fully saturated rings. The van der Waals surface area contributed by atoms with Gasteiger partial charge in [0.15, 0.2) is 0 Å². The van der Waals surface area contributed by atoms with Gasteiger partial charge in [-0.05, 0) is 19.4 Å². The summed E-state index contributed by atoms with van der Waals surface area (Å²) in [5, 5.41) is 0. The molecule has 0 aliphatic carbocycles. The molecule has 0 saturated carbocycles. The average Bonchev–Trinajstić information content (AvgIpc) is 2.17. The minimum Gasteiger partial charge on any atom is -0.464 e. The topological polar surface area (TPSA) is 26.3 Å². The van der Waals surface area contributed by atoms with Gasteiger partial charge >= 0.3 is 5.97 Å². The smallest absolute Gasteiger partial charge is 0.345 e. The molecule has 0 aliphatic heterocycles. The van der Waals surface area contributed by atoms with E-state index >= 15 is 0 Å². The third kappa shape index (κ3) is 2.55. The van der Waals surface area contributed by atoms with E-state index in [4.69, 9.17) is 0 Å². The minimum atomic E-state index is -1.67. The average molecular weight is 196 g/mol. The van der Waals surface area contributed by atoms with Crippen LogP contribution in [0.2, 0.25) is 0 Å². The zero-order valence-corrected chi connectivity index (χ0v) is 8.29. The maximum atomic E-state index is 13.4. The lowest BCUT2D eigenvalue weighted by Crippen LogP contribution is -2.11. The SMILES string of the molecule is CCOC(=O)C(F)c1cccc(C)c1. The van der Waals surface area contributed by atoms with Crippen molar-refractivity contribution in [3.8, 4) is 0 Å². The zero-order chi connectivity index (χ0) is 10.6. The molecule has 1 unspecified atom stereocenters. The highest BCUT2D eigenvalue weighted by molar-refractivity contribution is 5.76. The van der Waals surface area contributed by atoms with E-state index in [2.05, 4.69) is 4.74 Å². The molecule has 2 nitrogen and oxygen atoms in total. The van der Waals surface area contributed by atoms with E-state index in [9.17, 15) is 9.18 Å². The van der Waals surface area contributed by atoms with E-state index in [1.807, 2.05) is 13.0 Å². The van der Waals surface area contributed by atoms with Gasteiger partial charge in [0.05, 0.1) is 6.61 Å². The van der Waals surface area contributed by atoms with Gasteiger partial charge in [-0.3, -0.25) is 0 Å². The van der Waals surface area contributed by atoms with Gasteiger partial charge in [0.25, 0.3) is 0 Å². The van der Waals surface area contributed by atoms with Crippen LogP contribution in [-0.2, 0) is 9.53 Å². The summed E-state index contributed by atoms with van der Waals surface area (Å²) in [5.74, 6) is -0.821. The molecule has 1 atom stereocenters. The number of carbonyl (C=O) groups excluding carboxylic acids is 1. The molecule has 0 aliphatic rings. The van der Waals surface area contributed by atoms with Crippen molar-refractivity contribution in [3.63, 3.8) is 0 Å². The second-order valence-corrected chi connectivity index (χ2v) is 3.03. The largest absolute Gasteiger partial charge is 0.464 e. The molecule has 14 heavy (non-hydrogen) atoms. The Morgan fingerprint density at radius 1 is 1.57 bits per heavy atom. The molecule has 0 spiro atoms. The maximum Gasteiger partial charge on any atom is 0.345 e. The van der Waals surface area contributed by atoms with Crippen LogP contribution in [0.25, 0.3) is 0 Å². The number of alkyl halides is 1. The number of hydrogen-bond acceptors (Lipinski definition) is 2. The zero-order valence-electron chi connectivity index (χ0n) is 8.29. The predicted molar refractivity (Wildman–Crippen MR) is 51.7 cm³/mol. The first-order valence-electron chi connectivity index (χ1n) is 4.52. The quantitative estimate of drug-likeness (QED) is 0.694. The van der Waals surface area contributed by atoms with Gasteiger partial charge in [-0.2, -0.15) is 0 Å². The molecule has 1 rings (SSSR count). The first-order chi connectivity index (χ1) is 6.65. The van der Waals surface area contributed by atoms with E-state index < -0.39 is 12.1 Å². The normalized spacial score (nSPS) is 12.2. The Balaban J connectivity index is 2.78. The van der Waals surface area contributed by atoms with E-state index in [1.54, 1.807) is 25.1 Å². The van der Waals surface area contributed by atoms with Crippen molar-refractivity contribution in [2.45, 2.75) is 20.0 Å². The second-order valence-electron chi connectivity index (χ2n) is 3.03. The van der Waals surface area contributed by atoms with Crippen LogP contribution in [0.1, 0.15) is 24.2 Å². The first kappa shape index (κ1) is 10.7. The number of esters is 1. The van der Waals surface area contributed by atoms with Crippen LogP contribution in [0.15, 0.2) is 24.3 Å². The van der Waals surface area contributed by atoms with E-state index in [-0.39, 0.29) is 6.61 Å². The predicted octanol–water partition coefficient (Wildman–Crippen LogP) is 2.57. The fourth-order valence-corrected chi connectivity index (χ4v) is 1.18. The van der Waals surface area contributed by atoms with Crippen molar-refractivity contribution >= 4 is 5.97 Å². The monoisotopic (exact) mass is 196 g/mol. The molecular formula is C11H13FO2. The van der Waals surface area contributed by atoms with Crippen molar-refractivity contribution < 1.29 is 13.9 Å². The van der Waals surface area contributed by atoms with Crippen molar-refractivity contribution in [1.29, 1.82) is 0 Å². The summed E-state index contributed by atoms with van der Waals surface area (Å²) in [6.07, 6.45) is -1.67. The van der Waals surface area contributed by atoms with Gasteiger partial charge < -0.3 is 4.74 Å². The Kier molecular flexibility index (Phi) is 3.63. The number of hydrogen-bond donors (Lipinski definition) is 0. The summed E-state index contributed by atoms with van der Waals surface area (Å²) in [7, 11) is 0. The number of aryl methyl sites for hydroxylation is 1. The lowest BCUT2D eigenvalue weighted by atomic mass is 10.1. The fraction of sp³-hybridized carbons (Fsp3) is 0.364. The van der Waals surface area contributed by atoms with Gasteiger partial charge in [0, 0.05) is 0 Å². The highest BCUT2D eigenvalue weighted by atomic mass is 19.1. The van der Waals surface area contributed by atoms with Gasteiger partial charge in [-0.15, -0.1) is 0 Å². The van der Waals surface area contributed by atoms with Crippen LogP contribution >= 0.6 is 0 Å². The molecule has 0 radical (unpaired) electrons. The molecule has 0 amide bonds. The maximum absolute atomic E-state index is 13.4. The lowest BCUT2D eigenvalue weighted by Gasteiger charge is -2.07. The molecule has 76 valence electrons. The second kappa shape index (κ2) is 4.74. The summed E-state index contributed by atoms with van der Waals surface area (Å²) in [5.41, 5.74) is 1.28. The number of carbonyl (C=O) groups is 1. The van der Waals surface area contributed by atoms with Crippen LogP contribution in [0.5, 0.6) is 0 Å². The molecular weight excluding hydrogens is 183 g/mol. The molecule has 1 aromatic carbocycles. The number of rotatable bonds is 3. The van der Waals surface area contributed by atoms with Crippen molar-refractivity contribution in [1.82, 2.24) is 0 Å². The van der Waals surface area contributed by atoms with E-state index in [1.165, 1.54) is 0 Å². The van der Waals surface area contributed by atoms with E-state index in [0.29, 0.717) is 5.56 Å². The summed E-state index contributed by atoms with van der Waals surface area (Å²) < 4.78 is 18.0. The summed E-state index contributed by atoms with van der Waals surface area (Å²) in [6.45, 7) is 3.70. The molecule has 0 saturated heterocycles. The number of halogens is 1. The first-order valence-corrected chi connectivity index (χ1v) is 4.52. The van der Waals surface area contributed by atoms with Gasteiger partial charge in [-0.1, -0.05) is 29.8 Å². The standard InChI is InChI=1S/C11H13FO2/c1-3-14-11(13)10(12)9-6-4-5-8(2)7-9/h4-7,10H,3H2,1-2H3. The molecule has 1 aromatic rings. The Hall–Kier alpha value is -1.38. The molecule has 0 N–H and O–H groups in total. The highest BCUT2D eigenvalue weighted by Crippen LogP contribution is 2.19. The Bertz CT molecular complexity index is 323. The third-order valence-corrected chi connectivity index (χ3v) is 1.83. The Labute approximate surface area is 82.7 Å². The third-order valence-electron chi connectivity index (χ3n) is 1.83. The van der Waals surface area contributed by atoms with Crippen LogP contribution in [0, 0.1) is 6.92 Å². The molecule has 0 aromatic heterocycles. The Morgan fingerprint density at radius 3 is 2.86 bits per heavy atom. The Morgan fingerprint density at radius 2 is 2.29 bits per heavy atom. The summed E-state index contributed by atoms with van der Waals surface area (Å²) in [6, 6.07) is 6.79. The van der Waals surface area contributed by atoms with Crippen LogP contribution in [0.4, 0.5) is 4.39 Å². The van der Waals surface area contributed by atoms with Crippen LogP contribution in [-0.4, -0.2) is 12.6 Å². The minimum absolute atomic E-state index is 0.199. The van der Waals surface area contributed by atoms with Gasteiger partial charge in [-0.25, -0.2) is 9.18 Å². The number of ether oxygens (including phenoxy) is 1. The molecule has 0 heterocycles. The van der Waals surface area contributed by atoms with Crippen LogP contribution in [0.3, 0.4) is 0 Å². The highest BCUT2D eigenvalue weighted by Gasteiger charge is 2.20. The fourth-order valence-electron chi connectivity index (χ4n) is 1.18. The molecule has 0 bridgehead atoms. The molecule has 3 heteroatoms. The van der Waals surface area contributed by atoms with Crippen LogP contribution < -0.4 is 0 Å². The number of benzene rings is 1. The van der Waals surface area contributed by atoms with Crippen molar-refractivity contribution in [3.05, 3.63) is 35.4 Å². The summed E-state index contributed by atoms with van der Waals surface area (Å²) >= 11 is 0. The van der Waals surface area contributed by atoms with Crippen molar-refractivity contribution in [2.75, 3.05) is 6.61 Å².